The molecule has 1 aliphatic rings. The molecule has 1 saturated heterocycles. The third-order valence-corrected chi connectivity index (χ3v) is 5.16. The predicted molar refractivity (Wildman–Crippen MR) is 111 cm³/mol. The van der Waals surface area contributed by atoms with Crippen molar-refractivity contribution in [2.45, 2.75) is 19.0 Å². The number of nitrogens with zero attached hydrogens (tertiary/aromatic N) is 2. The van der Waals surface area contributed by atoms with Gasteiger partial charge < -0.3 is 15.0 Å². The van der Waals surface area contributed by atoms with Crippen molar-refractivity contribution in [1.29, 1.82) is 0 Å². The first-order valence-electron chi connectivity index (χ1n) is 9.53. The average molecular weight is 423 g/mol. The first kappa shape index (κ1) is 21.8. The molecule has 31 heavy (non-hydrogen) atoms. The van der Waals surface area contributed by atoms with E-state index in [2.05, 4.69) is 11.2 Å². The van der Waals surface area contributed by atoms with E-state index in [1.54, 1.807) is 43.3 Å². The zero-order chi connectivity index (χ0) is 22.6. The summed E-state index contributed by atoms with van der Waals surface area (Å²) in [5, 5.41) is 2.66. The van der Waals surface area contributed by atoms with Crippen molar-refractivity contribution in [3.05, 3.63) is 65.5 Å². The van der Waals surface area contributed by atoms with Gasteiger partial charge in [0.1, 0.15) is 23.7 Å². The van der Waals surface area contributed by atoms with E-state index in [0.29, 0.717) is 16.9 Å². The molecular weight excluding hydrogens is 401 g/mol. The van der Waals surface area contributed by atoms with Crippen LogP contribution < -0.4 is 10.1 Å². The second-order valence-corrected chi connectivity index (χ2v) is 7.26. The molecule has 2 aromatic rings. The van der Waals surface area contributed by atoms with Crippen LogP contribution in [0.25, 0.3) is 0 Å². The number of hydrogen-bond donors (Lipinski definition) is 1. The number of methoxy groups -OCH3 is 1. The highest BCUT2D eigenvalue weighted by Gasteiger charge is 2.49. The van der Waals surface area contributed by atoms with E-state index in [4.69, 9.17) is 11.2 Å². The molecule has 1 fully saturated rings. The fraction of sp³-hybridized carbons (Fsp3) is 0.261. The van der Waals surface area contributed by atoms with Gasteiger partial charge in [-0.1, -0.05) is 30.2 Å². The fourth-order valence-electron chi connectivity index (χ4n) is 3.35. The van der Waals surface area contributed by atoms with Gasteiger partial charge in [-0.25, -0.2) is 9.18 Å². The monoisotopic (exact) mass is 423 g/mol. The summed E-state index contributed by atoms with van der Waals surface area (Å²) in [6.45, 7) is 1.23. The third kappa shape index (κ3) is 4.51. The normalized spacial score (nSPS) is 17.8. The number of rotatable bonds is 7. The van der Waals surface area contributed by atoms with Gasteiger partial charge in [-0.3, -0.25) is 14.5 Å². The minimum Gasteiger partial charge on any atom is -0.497 e. The molecule has 7 nitrogen and oxygen atoms in total. The Morgan fingerprint density at radius 3 is 2.42 bits per heavy atom. The van der Waals surface area contributed by atoms with Crippen LogP contribution in [0.1, 0.15) is 18.1 Å². The number of carbonyl (C=O) groups is 3. The number of halogens is 1. The molecule has 0 spiro atoms. The van der Waals surface area contributed by atoms with Crippen molar-refractivity contribution in [2.24, 2.45) is 0 Å². The van der Waals surface area contributed by atoms with Gasteiger partial charge in [0, 0.05) is 6.54 Å². The SMILES string of the molecule is C#CCN(Cc1ccc(F)cc1)C(=O)CN1C(=O)NC(C)(c2ccc(OC)cc2)C1=O. The highest BCUT2D eigenvalue weighted by atomic mass is 19.1. The topological polar surface area (TPSA) is 79.0 Å². The summed E-state index contributed by atoms with van der Waals surface area (Å²) in [4.78, 5) is 40.6. The van der Waals surface area contributed by atoms with E-state index in [-0.39, 0.29) is 13.1 Å². The number of imide groups is 1. The third-order valence-electron chi connectivity index (χ3n) is 5.16. The largest absolute Gasteiger partial charge is 0.497 e. The van der Waals surface area contributed by atoms with Crippen LogP contribution in [0.4, 0.5) is 9.18 Å². The molecule has 1 atom stereocenters. The number of nitrogens with one attached hydrogen (secondary N) is 1. The molecule has 0 saturated carbocycles. The molecule has 0 bridgehead atoms. The van der Waals surface area contributed by atoms with E-state index in [1.807, 2.05) is 0 Å². The number of hydrogen-bond acceptors (Lipinski definition) is 4. The molecule has 3 rings (SSSR count). The maximum absolute atomic E-state index is 13.1. The van der Waals surface area contributed by atoms with Crippen LogP contribution in [0.3, 0.4) is 0 Å². The number of benzene rings is 2. The Hall–Kier alpha value is -3.86. The van der Waals surface area contributed by atoms with Crippen LogP contribution in [0.2, 0.25) is 0 Å². The zero-order valence-electron chi connectivity index (χ0n) is 17.2. The van der Waals surface area contributed by atoms with Gasteiger partial charge in [0.25, 0.3) is 5.91 Å². The minimum absolute atomic E-state index is 0.0182. The van der Waals surface area contributed by atoms with Gasteiger partial charge in [-0.05, 0) is 42.3 Å². The molecule has 1 aliphatic heterocycles. The average Bonchev–Trinajstić information content (AvgIpc) is 2.98. The first-order chi connectivity index (χ1) is 14.8. The Morgan fingerprint density at radius 1 is 1.19 bits per heavy atom. The molecule has 1 N–H and O–H groups in total. The van der Waals surface area contributed by atoms with Gasteiger partial charge in [0.05, 0.1) is 13.7 Å². The van der Waals surface area contributed by atoms with E-state index in [1.165, 1.54) is 24.1 Å². The first-order valence-corrected chi connectivity index (χ1v) is 9.53. The number of urea groups is 1. The van der Waals surface area contributed by atoms with Crippen molar-refractivity contribution in [3.8, 4) is 18.1 Å². The second kappa shape index (κ2) is 8.88. The zero-order valence-corrected chi connectivity index (χ0v) is 17.2. The van der Waals surface area contributed by atoms with Crippen molar-refractivity contribution >= 4 is 17.8 Å². The van der Waals surface area contributed by atoms with Crippen LogP contribution in [0.5, 0.6) is 5.75 Å². The van der Waals surface area contributed by atoms with Gasteiger partial charge in [-0.2, -0.15) is 0 Å². The lowest BCUT2D eigenvalue weighted by atomic mass is 9.92. The Kier molecular flexibility index (Phi) is 6.25. The lowest BCUT2D eigenvalue weighted by Gasteiger charge is -2.24. The molecule has 1 unspecified atom stereocenters. The smallest absolute Gasteiger partial charge is 0.325 e. The maximum atomic E-state index is 13.1. The highest BCUT2D eigenvalue weighted by molar-refractivity contribution is 6.09. The minimum atomic E-state index is -1.31. The van der Waals surface area contributed by atoms with Crippen molar-refractivity contribution in [1.82, 2.24) is 15.1 Å². The Morgan fingerprint density at radius 2 is 1.84 bits per heavy atom. The van der Waals surface area contributed by atoms with Gasteiger partial charge >= 0.3 is 6.03 Å². The molecular formula is C23H22FN3O4. The quantitative estimate of drug-likeness (QED) is 0.547. The summed E-state index contributed by atoms with van der Waals surface area (Å²) in [6.07, 6.45) is 5.38. The van der Waals surface area contributed by atoms with Crippen LogP contribution in [-0.4, -0.2) is 47.8 Å². The summed E-state index contributed by atoms with van der Waals surface area (Å²) in [5.74, 6) is 1.58. The lowest BCUT2D eigenvalue weighted by Crippen LogP contribution is -2.44. The molecule has 0 aromatic heterocycles. The lowest BCUT2D eigenvalue weighted by molar-refractivity contribution is -0.138. The van der Waals surface area contributed by atoms with Crippen molar-refractivity contribution in [2.75, 3.05) is 20.2 Å². The summed E-state index contributed by atoms with van der Waals surface area (Å²) in [5.41, 5.74) is -0.0731. The molecule has 0 radical (unpaired) electrons. The Labute approximate surface area is 179 Å². The second-order valence-electron chi connectivity index (χ2n) is 7.26. The number of ether oxygens (including phenoxy) is 1. The number of amides is 4. The van der Waals surface area contributed by atoms with Crippen LogP contribution >= 0.6 is 0 Å². The van der Waals surface area contributed by atoms with Crippen LogP contribution in [0.15, 0.2) is 48.5 Å². The standard InChI is InChI=1S/C23H22FN3O4/c1-4-13-26(14-16-5-9-18(24)10-6-16)20(28)15-27-21(29)23(2,25-22(27)30)17-7-11-19(31-3)12-8-17/h1,5-12H,13-15H2,2-3H3,(H,25,30). The number of carbonyl (C=O) groups excluding carboxylic acids is 3. The maximum Gasteiger partial charge on any atom is 0.325 e. The van der Waals surface area contributed by atoms with Crippen LogP contribution in [-0.2, 0) is 21.7 Å². The molecule has 8 heteroatoms. The molecule has 4 amide bonds. The molecule has 0 aliphatic carbocycles. The fourth-order valence-corrected chi connectivity index (χ4v) is 3.35. The van der Waals surface area contributed by atoms with E-state index < -0.39 is 35.7 Å². The summed E-state index contributed by atoms with van der Waals surface area (Å²) in [7, 11) is 1.53. The molecule has 1 heterocycles. The molecule has 160 valence electrons. The predicted octanol–water partition coefficient (Wildman–Crippen LogP) is 2.26. The van der Waals surface area contributed by atoms with E-state index in [0.717, 1.165) is 4.90 Å². The van der Waals surface area contributed by atoms with Crippen LogP contribution in [0, 0.1) is 18.2 Å². The van der Waals surface area contributed by atoms with E-state index in [9.17, 15) is 18.8 Å². The summed E-state index contributed by atoms with van der Waals surface area (Å²) >= 11 is 0. The Bertz CT molecular complexity index is 1030. The van der Waals surface area contributed by atoms with E-state index >= 15 is 0 Å². The molecule has 2 aromatic carbocycles. The summed E-state index contributed by atoms with van der Waals surface area (Å²) in [6, 6.07) is 11.7. The Balaban J connectivity index is 1.75. The summed E-state index contributed by atoms with van der Waals surface area (Å²) < 4.78 is 18.3. The van der Waals surface area contributed by atoms with Gasteiger partial charge in [0.15, 0.2) is 0 Å². The number of terminal acetylenes is 1. The van der Waals surface area contributed by atoms with Gasteiger partial charge in [0.2, 0.25) is 5.91 Å². The van der Waals surface area contributed by atoms with Gasteiger partial charge in [-0.15, -0.1) is 6.42 Å². The van der Waals surface area contributed by atoms with Crippen molar-refractivity contribution < 1.29 is 23.5 Å². The highest BCUT2D eigenvalue weighted by Crippen LogP contribution is 2.30. The van der Waals surface area contributed by atoms with Crippen molar-refractivity contribution in [3.63, 3.8) is 0 Å².